The molecule has 0 amide bonds. The Balaban J connectivity index is 2.46. The van der Waals surface area contributed by atoms with Crippen molar-refractivity contribution < 1.29 is 5.11 Å². The van der Waals surface area contributed by atoms with Gasteiger partial charge in [0.25, 0.3) is 0 Å². The van der Waals surface area contributed by atoms with E-state index in [1.54, 1.807) is 0 Å². The van der Waals surface area contributed by atoms with Gasteiger partial charge in [-0.2, -0.15) is 0 Å². The Morgan fingerprint density at radius 2 is 2.21 bits per heavy atom. The molecule has 0 unspecified atom stereocenters. The van der Waals surface area contributed by atoms with Crippen LogP contribution in [0.25, 0.3) is 0 Å². The molecule has 0 spiro atoms. The molecule has 1 N–H and O–H groups in total. The van der Waals surface area contributed by atoms with Crippen molar-refractivity contribution in [1.82, 2.24) is 9.55 Å². The van der Waals surface area contributed by atoms with Crippen LogP contribution in [-0.2, 0) is 19.6 Å². The fourth-order valence-electron chi connectivity index (χ4n) is 2.19. The van der Waals surface area contributed by atoms with Gasteiger partial charge in [-0.3, -0.25) is 0 Å². The molecule has 3 nitrogen and oxygen atoms in total. The number of hydrogen-bond acceptors (Lipinski definition) is 2. The maximum absolute atomic E-state index is 9.35. The second kappa shape index (κ2) is 3.73. The maximum Gasteiger partial charge on any atom is 0.109 e. The Hall–Kier alpha value is -0.830. The second-order valence-electron chi connectivity index (χ2n) is 4.28. The summed E-state index contributed by atoms with van der Waals surface area (Å²) >= 11 is 0. The lowest BCUT2D eigenvalue weighted by Crippen LogP contribution is -2.13. The highest BCUT2D eigenvalue weighted by Crippen LogP contribution is 2.24. The van der Waals surface area contributed by atoms with Gasteiger partial charge < -0.3 is 9.67 Å². The number of fused-ring (bicyclic) bond motifs is 1. The van der Waals surface area contributed by atoms with Crippen molar-refractivity contribution in [1.29, 1.82) is 0 Å². The second-order valence-corrected chi connectivity index (χ2v) is 4.28. The Morgan fingerprint density at radius 1 is 1.43 bits per heavy atom. The van der Waals surface area contributed by atoms with Gasteiger partial charge in [0.05, 0.1) is 18.0 Å². The molecule has 2 heterocycles. The first-order valence-electron chi connectivity index (χ1n) is 5.43. The average Bonchev–Trinajstić information content (AvgIpc) is 2.56. The van der Waals surface area contributed by atoms with E-state index in [1.165, 1.54) is 18.7 Å². The van der Waals surface area contributed by atoms with Gasteiger partial charge in [-0.05, 0) is 18.8 Å². The molecule has 0 saturated carbocycles. The van der Waals surface area contributed by atoms with Crippen LogP contribution in [0, 0.1) is 0 Å². The van der Waals surface area contributed by atoms with Crippen molar-refractivity contribution in [2.24, 2.45) is 0 Å². The average molecular weight is 194 g/mol. The van der Waals surface area contributed by atoms with Crippen molar-refractivity contribution in [3.63, 3.8) is 0 Å². The summed E-state index contributed by atoms with van der Waals surface area (Å²) in [5.74, 6) is 1.58. The van der Waals surface area contributed by atoms with Crippen LogP contribution in [-0.4, -0.2) is 14.7 Å². The van der Waals surface area contributed by atoms with E-state index in [0.717, 1.165) is 24.4 Å². The van der Waals surface area contributed by atoms with Crippen LogP contribution in [0.15, 0.2) is 0 Å². The molecule has 1 aromatic rings. The third kappa shape index (κ3) is 1.46. The molecule has 0 fully saturated rings. The molecule has 1 aromatic heterocycles. The summed E-state index contributed by atoms with van der Waals surface area (Å²) in [6, 6.07) is 0. The summed E-state index contributed by atoms with van der Waals surface area (Å²) < 4.78 is 2.21. The van der Waals surface area contributed by atoms with Crippen molar-refractivity contribution >= 4 is 0 Å². The largest absolute Gasteiger partial charge is 0.390 e. The van der Waals surface area contributed by atoms with E-state index < -0.39 is 0 Å². The third-order valence-electron chi connectivity index (χ3n) is 2.91. The highest BCUT2D eigenvalue weighted by atomic mass is 16.3. The van der Waals surface area contributed by atoms with E-state index in [9.17, 15) is 5.11 Å². The van der Waals surface area contributed by atoms with Crippen LogP contribution in [0.4, 0.5) is 0 Å². The van der Waals surface area contributed by atoms with Crippen LogP contribution in [0.3, 0.4) is 0 Å². The summed E-state index contributed by atoms with van der Waals surface area (Å²) in [6.07, 6.45) is 3.52. The lowest BCUT2D eigenvalue weighted by Gasteiger charge is -2.15. The van der Waals surface area contributed by atoms with E-state index in [-0.39, 0.29) is 6.61 Å². The first-order chi connectivity index (χ1) is 6.74. The van der Waals surface area contributed by atoms with Gasteiger partial charge in [0.15, 0.2) is 0 Å². The number of rotatable bonds is 2. The third-order valence-corrected chi connectivity index (χ3v) is 2.91. The van der Waals surface area contributed by atoms with E-state index in [4.69, 9.17) is 0 Å². The predicted molar refractivity (Wildman–Crippen MR) is 55.2 cm³/mol. The predicted octanol–water partition coefficient (Wildman–Crippen LogP) is 1.84. The number of aryl methyl sites for hydroxylation is 1. The molecule has 0 saturated heterocycles. The number of aliphatic hydroxyl groups excluding tert-OH is 1. The van der Waals surface area contributed by atoms with E-state index >= 15 is 0 Å². The van der Waals surface area contributed by atoms with Gasteiger partial charge >= 0.3 is 0 Å². The van der Waals surface area contributed by atoms with Crippen molar-refractivity contribution in [2.45, 2.75) is 52.2 Å². The normalized spacial score (nSPS) is 16.0. The smallest absolute Gasteiger partial charge is 0.109 e. The number of imidazole rings is 1. The first-order valence-corrected chi connectivity index (χ1v) is 5.43. The molecule has 3 heteroatoms. The highest BCUT2D eigenvalue weighted by molar-refractivity contribution is 5.21. The minimum atomic E-state index is 0.126. The molecule has 0 atom stereocenters. The summed E-state index contributed by atoms with van der Waals surface area (Å²) in [5, 5.41) is 9.35. The zero-order chi connectivity index (χ0) is 10.1. The van der Waals surface area contributed by atoms with Crippen LogP contribution in [0.5, 0.6) is 0 Å². The molecule has 0 radical (unpaired) electrons. The van der Waals surface area contributed by atoms with Crippen LogP contribution in [0.1, 0.15) is 49.8 Å². The highest BCUT2D eigenvalue weighted by Gasteiger charge is 2.20. The Morgan fingerprint density at radius 3 is 2.86 bits per heavy atom. The van der Waals surface area contributed by atoms with Gasteiger partial charge in [-0.15, -0.1) is 0 Å². The molecule has 0 aliphatic carbocycles. The Bertz CT molecular complexity index is 328. The van der Waals surface area contributed by atoms with Gasteiger partial charge in [0, 0.05) is 13.0 Å². The van der Waals surface area contributed by atoms with E-state index in [0.29, 0.717) is 5.92 Å². The standard InChI is InChI=1S/C11H18N2O/c1-8(2)11-9(7-14)13-6-4-3-5-10(13)12-11/h8,14H,3-7H2,1-2H3. The number of nitrogens with zero attached hydrogens (tertiary/aromatic N) is 2. The molecular weight excluding hydrogens is 176 g/mol. The topological polar surface area (TPSA) is 38.0 Å². The quantitative estimate of drug-likeness (QED) is 0.780. The van der Waals surface area contributed by atoms with Gasteiger partial charge in [0.2, 0.25) is 0 Å². The monoisotopic (exact) mass is 194 g/mol. The first kappa shape index (κ1) is 9.71. The SMILES string of the molecule is CC(C)c1nc2n(c1CO)CCCC2. The molecule has 0 bridgehead atoms. The number of hydrogen-bond donors (Lipinski definition) is 1. The van der Waals surface area contributed by atoms with Crippen molar-refractivity contribution in [3.8, 4) is 0 Å². The van der Waals surface area contributed by atoms with Crippen molar-refractivity contribution in [3.05, 3.63) is 17.2 Å². The molecule has 1 aliphatic rings. The Kier molecular flexibility index (Phi) is 2.59. The molecule has 2 rings (SSSR count). The minimum absolute atomic E-state index is 0.126. The maximum atomic E-state index is 9.35. The zero-order valence-corrected chi connectivity index (χ0v) is 8.95. The van der Waals surface area contributed by atoms with Crippen molar-refractivity contribution in [2.75, 3.05) is 0 Å². The lowest BCUT2D eigenvalue weighted by molar-refractivity contribution is 0.266. The van der Waals surface area contributed by atoms with E-state index in [2.05, 4.69) is 23.4 Å². The summed E-state index contributed by atoms with van der Waals surface area (Å²) in [4.78, 5) is 4.62. The number of aliphatic hydroxyl groups is 1. The lowest BCUT2D eigenvalue weighted by atomic mass is 10.1. The van der Waals surface area contributed by atoms with Crippen LogP contribution in [0.2, 0.25) is 0 Å². The molecule has 14 heavy (non-hydrogen) atoms. The van der Waals surface area contributed by atoms with Crippen LogP contribution < -0.4 is 0 Å². The van der Waals surface area contributed by atoms with Gasteiger partial charge in [-0.25, -0.2) is 4.98 Å². The number of aromatic nitrogens is 2. The molecule has 0 aromatic carbocycles. The van der Waals surface area contributed by atoms with E-state index in [1.807, 2.05) is 0 Å². The summed E-state index contributed by atoms with van der Waals surface area (Å²) in [6.45, 7) is 5.42. The summed E-state index contributed by atoms with van der Waals surface area (Å²) in [5.41, 5.74) is 2.12. The van der Waals surface area contributed by atoms with Gasteiger partial charge in [0.1, 0.15) is 5.82 Å². The van der Waals surface area contributed by atoms with Gasteiger partial charge in [-0.1, -0.05) is 13.8 Å². The Labute approximate surface area is 84.8 Å². The minimum Gasteiger partial charge on any atom is -0.390 e. The zero-order valence-electron chi connectivity index (χ0n) is 8.95. The van der Waals surface area contributed by atoms with Crippen LogP contribution >= 0.6 is 0 Å². The fraction of sp³-hybridized carbons (Fsp3) is 0.727. The molecular formula is C11H18N2O. The molecule has 1 aliphatic heterocycles. The fourth-order valence-corrected chi connectivity index (χ4v) is 2.19. The molecule has 78 valence electrons. The summed E-state index contributed by atoms with van der Waals surface area (Å²) in [7, 11) is 0.